The fraction of sp³-hybridized carbons (Fsp3) is 0.529. The molecule has 0 bridgehead atoms. The Hall–Kier alpha value is -1.54. The maximum absolute atomic E-state index is 9.49. The zero-order valence-corrected chi connectivity index (χ0v) is 12.6. The van der Waals surface area contributed by atoms with Crippen LogP contribution < -0.4 is 10.5 Å². The first-order valence-corrected chi connectivity index (χ1v) is 7.49. The van der Waals surface area contributed by atoms with Crippen LogP contribution in [-0.2, 0) is 6.54 Å². The molecule has 3 N–H and O–H groups in total. The highest BCUT2D eigenvalue weighted by molar-refractivity contribution is 5.48. The highest BCUT2D eigenvalue weighted by atomic mass is 16.5. The molecule has 1 aliphatic heterocycles. The predicted octanol–water partition coefficient (Wildman–Crippen LogP) is 1.35. The number of likely N-dealkylation sites (tertiary alicyclic amines) is 1. The SMILES string of the molecule is COc1ccc(CN2CCCCC2CO)cc1C#CCN. The van der Waals surface area contributed by atoms with Gasteiger partial charge in [0.1, 0.15) is 5.75 Å². The van der Waals surface area contributed by atoms with Crippen LogP contribution in [0.1, 0.15) is 30.4 Å². The van der Waals surface area contributed by atoms with E-state index < -0.39 is 0 Å². The molecule has 0 spiro atoms. The minimum absolute atomic E-state index is 0.232. The second-order valence-electron chi connectivity index (χ2n) is 5.34. The van der Waals surface area contributed by atoms with Crippen molar-refractivity contribution >= 4 is 0 Å². The van der Waals surface area contributed by atoms with Crippen molar-refractivity contribution in [1.29, 1.82) is 0 Å². The number of nitrogens with zero attached hydrogens (tertiary/aromatic N) is 1. The van der Waals surface area contributed by atoms with Gasteiger partial charge in [-0.1, -0.05) is 24.3 Å². The minimum atomic E-state index is 0.232. The van der Waals surface area contributed by atoms with E-state index >= 15 is 0 Å². The van der Waals surface area contributed by atoms with E-state index in [4.69, 9.17) is 10.5 Å². The van der Waals surface area contributed by atoms with Crippen molar-refractivity contribution in [3.63, 3.8) is 0 Å². The molecule has 0 radical (unpaired) electrons. The summed E-state index contributed by atoms with van der Waals surface area (Å²) in [7, 11) is 1.65. The molecule has 4 heteroatoms. The second-order valence-corrected chi connectivity index (χ2v) is 5.34. The van der Waals surface area contributed by atoms with Gasteiger partial charge in [0.15, 0.2) is 0 Å². The maximum Gasteiger partial charge on any atom is 0.134 e. The van der Waals surface area contributed by atoms with Crippen molar-refractivity contribution < 1.29 is 9.84 Å². The lowest BCUT2D eigenvalue weighted by atomic mass is 10.0. The van der Waals surface area contributed by atoms with Gasteiger partial charge in [-0.15, -0.1) is 0 Å². The van der Waals surface area contributed by atoms with Gasteiger partial charge in [0.25, 0.3) is 0 Å². The number of piperidine rings is 1. The van der Waals surface area contributed by atoms with Crippen LogP contribution in [0, 0.1) is 11.8 Å². The highest BCUT2D eigenvalue weighted by Crippen LogP contribution is 2.23. The normalized spacial score (nSPS) is 18.9. The molecule has 21 heavy (non-hydrogen) atoms. The third-order valence-corrected chi connectivity index (χ3v) is 3.93. The molecule has 4 nitrogen and oxygen atoms in total. The molecular weight excluding hydrogens is 264 g/mol. The lowest BCUT2D eigenvalue weighted by molar-refractivity contribution is 0.0841. The van der Waals surface area contributed by atoms with Crippen LogP contribution in [0.4, 0.5) is 0 Å². The number of aliphatic hydroxyl groups is 1. The van der Waals surface area contributed by atoms with Crippen molar-refractivity contribution in [3.05, 3.63) is 29.3 Å². The lowest BCUT2D eigenvalue weighted by Crippen LogP contribution is -2.41. The van der Waals surface area contributed by atoms with Crippen LogP contribution >= 0.6 is 0 Å². The fourth-order valence-corrected chi connectivity index (χ4v) is 2.81. The molecule has 1 heterocycles. The van der Waals surface area contributed by atoms with Crippen LogP contribution in [0.25, 0.3) is 0 Å². The molecule has 1 aromatic carbocycles. The Labute approximate surface area is 126 Å². The van der Waals surface area contributed by atoms with Crippen LogP contribution in [-0.4, -0.2) is 42.9 Å². The van der Waals surface area contributed by atoms with E-state index in [0.717, 1.165) is 30.8 Å². The first-order valence-electron chi connectivity index (χ1n) is 7.49. The largest absolute Gasteiger partial charge is 0.495 e. The fourth-order valence-electron chi connectivity index (χ4n) is 2.81. The van der Waals surface area contributed by atoms with Crippen molar-refractivity contribution in [2.45, 2.75) is 31.8 Å². The van der Waals surface area contributed by atoms with Crippen molar-refractivity contribution in [2.24, 2.45) is 5.73 Å². The number of ether oxygens (including phenoxy) is 1. The topological polar surface area (TPSA) is 58.7 Å². The number of nitrogens with two attached hydrogens (primary N) is 1. The van der Waals surface area contributed by atoms with E-state index in [0.29, 0.717) is 6.54 Å². The monoisotopic (exact) mass is 288 g/mol. The summed E-state index contributed by atoms with van der Waals surface area (Å²) in [6.45, 7) is 2.45. The Morgan fingerprint density at radius 3 is 3.00 bits per heavy atom. The van der Waals surface area contributed by atoms with Gasteiger partial charge < -0.3 is 15.6 Å². The summed E-state index contributed by atoms with van der Waals surface area (Å²) >= 11 is 0. The van der Waals surface area contributed by atoms with Crippen LogP contribution in [0.3, 0.4) is 0 Å². The molecule has 1 atom stereocenters. The molecule has 1 aromatic rings. The Bertz CT molecular complexity index is 519. The first-order chi connectivity index (χ1) is 10.3. The van der Waals surface area contributed by atoms with Crippen molar-refractivity contribution in [1.82, 2.24) is 4.90 Å². The molecule has 114 valence electrons. The molecule has 2 rings (SSSR count). The highest BCUT2D eigenvalue weighted by Gasteiger charge is 2.21. The van der Waals surface area contributed by atoms with E-state index in [9.17, 15) is 5.11 Å². The Kier molecular flexibility index (Phi) is 6.06. The number of hydrogen-bond donors (Lipinski definition) is 2. The molecular formula is C17H24N2O2. The van der Waals surface area contributed by atoms with Gasteiger partial charge in [0, 0.05) is 12.6 Å². The Morgan fingerprint density at radius 1 is 1.43 bits per heavy atom. The minimum Gasteiger partial charge on any atom is -0.495 e. The van der Waals surface area contributed by atoms with Gasteiger partial charge >= 0.3 is 0 Å². The predicted molar refractivity (Wildman–Crippen MR) is 84.1 cm³/mol. The summed E-state index contributed by atoms with van der Waals surface area (Å²) in [4.78, 5) is 2.35. The van der Waals surface area contributed by atoms with E-state index in [2.05, 4.69) is 28.9 Å². The number of hydrogen-bond acceptors (Lipinski definition) is 4. The standard InChI is InChI=1S/C17H24N2O2/c1-21-17-8-7-14(11-15(17)5-4-9-18)12-19-10-3-2-6-16(19)13-20/h7-8,11,16,20H,2-3,6,9-10,12-13,18H2,1H3. The summed E-state index contributed by atoms with van der Waals surface area (Å²) < 4.78 is 5.33. The molecule has 1 aliphatic rings. The Morgan fingerprint density at radius 2 is 2.29 bits per heavy atom. The smallest absolute Gasteiger partial charge is 0.134 e. The number of aliphatic hydroxyl groups excluding tert-OH is 1. The zero-order valence-electron chi connectivity index (χ0n) is 12.6. The molecule has 0 aromatic heterocycles. The van der Waals surface area contributed by atoms with Crippen molar-refractivity contribution in [3.8, 4) is 17.6 Å². The van der Waals surface area contributed by atoms with Gasteiger partial charge in [0.05, 0.1) is 25.8 Å². The summed E-state index contributed by atoms with van der Waals surface area (Å²) in [6.07, 6.45) is 3.48. The van der Waals surface area contributed by atoms with E-state index in [1.54, 1.807) is 7.11 Å². The molecule has 0 saturated carbocycles. The Balaban J connectivity index is 2.16. The van der Waals surface area contributed by atoms with E-state index in [-0.39, 0.29) is 12.6 Å². The summed E-state index contributed by atoms with van der Waals surface area (Å²) in [5.74, 6) is 6.71. The maximum atomic E-state index is 9.49. The average Bonchev–Trinajstić information content (AvgIpc) is 2.53. The van der Waals surface area contributed by atoms with Crippen LogP contribution in [0.2, 0.25) is 0 Å². The van der Waals surface area contributed by atoms with E-state index in [1.807, 2.05) is 6.07 Å². The molecule has 0 aliphatic carbocycles. The van der Waals surface area contributed by atoms with Gasteiger partial charge in [-0.3, -0.25) is 4.90 Å². The number of methoxy groups -OCH3 is 1. The van der Waals surface area contributed by atoms with E-state index in [1.165, 1.54) is 18.4 Å². The van der Waals surface area contributed by atoms with Gasteiger partial charge in [-0.05, 0) is 37.1 Å². The van der Waals surface area contributed by atoms with Crippen molar-refractivity contribution in [2.75, 3.05) is 26.8 Å². The van der Waals surface area contributed by atoms with Gasteiger partial charge in [-0.2, -0.15) is 0 Å². The summed E-state index contributed by atoms with van der Waals surface area (Å²) in [5, 5.41) is 9.49. The molecule has 1 unspecified atom stereocenters. The number of benzene rings is 1. The molecule has 1 fully saturated rings. The molecule has 1 saturated heterocycles. The van der Waals surface area contributed by atoms with Gasteiger partial charge in [0.2, 0.25) is 0 Å². The molecule has 0 amide bonds. The van der Waals surface area contributed by atoms with Crippen LogP contribution in [0.15, 0.2) is 18.2 Å². The lowest BCUT2D eigenvalue weighted by Gasteiger charge is -2.34. The summed E-state index contributed by atoms with van der Waals surface area (Å²) in [6, 6.07) is 6.35. The van der Waals surface area contributed by atoms with Crippen LogP contribution in [0.5, 0.6) is 5.75 Å². The zero-order chi connectivity index (χ0) is 15.1. The third kappa shape index (κ3) is 4.21. The third-order valence-electron chi connectivity index (χ3n) is 3.93. The summed E-state index contributed by atoms with van der Waals surface area (Å²) in [5.41, 5.74) is 7.51. The van der Waals surface area contributed by atoms with Gasteiger partial charge in [-0.25, -0.2) is 0 Å². The number of rotatable bonds is 4. The first kappa shape index (κ1) is 15.8. The average molecular weight is 288 g/mol. The quantitative estimate of drug-likeness (QED) is 0.821. The second kappa shape index (κ2) is 8.04.